The first-order valence-electron chi connectivity index (χ1n) is 2.53. The van der Waals surface area contributed by atoms with Crippen molar-refractivity contribution in [2.24, 2.45) is 0 Å². The van der Waals surface area contributed by atoms with Crippen molar-refractivity contribution in [2.45, 2.75) is 17.2 Å². The highest BCUT2D eigenvalue weighted by Gasteiger charge is 2.43. The summed E-state index contributed by atoms with van der Waals surface area (Å²) in [5, 5.41) is 0. The normalized spacial score (nSPS) is 23.8. The Morgan fingerprint density at radius 1 is 1.56 bits per heavy atom. The fraction of sp³-hybridized carbons (Fsp3) is 1.00. The lowest BCUT2D eigenvalue weighted by Crippen LogP contribution is -2.11. The van der Waals surface area contributed by atoms with E-state index in [-0.39, 0.29) is 5.75 Å². The van der Waals surface area contributed by atoms with E-state index in [2.05, 4.69) is 15.9 Å². The van der Waals surface area contributed by atoms with Crippen LogP contribution in [0, 0.1) is 0 Å². The molecule has 1 fully saturated rings. The second-order valence-corrected chi connectivity index (χ2v) is 5.38. The molecule has 0 amide bonds. The van der Waals surface area contributed by atoms with Crippen molar-refractivity contribution < 1.29 is 12.3 Å². The molecule has 0 aromatic rings. The average molecular weight is 217 g/mol. The molecule has 0 spiro atoms. The predicted octanol–water partition coefficient (Wildman–Crippen LogP) is 1.21. The Bertz CT molecular complexity index is 207. The maximum absolute atomic E-state index is 11.9. The molecule has 1 aliphatic carbocycles. The van der Waals surface area contributed by atoms with Crippen LogP contribution in [0.1, 0.15) is 12.8 Å². The van der Waals surface area contributed by atoms with Gasteiger partial charge >= 0.3 is 10.2 Å². The van der Waals surface area contributed by atoms with Crippen molar-refractivity contribution in [3.05, 3.63) is 0 Å². The van der Waals surface area contributed by atoms with E-state index >= 15 is 0 Å². The molecule has 0 aromatic heterocycles. The molecule has 0 saturated heterocycles. The minimum Gasteiger partial charge on any atom is -0.195 e. The van der Waals surface area contributed by atoms with Crippen molar-refractivity contribution in [1.29, 1.82) is 0 Å². The molecule has 1 aliphatic rings. The topological polar surface area (TPSA) is 34.1 Å². The maximum atomic E-state index is 11.9. The molecule has 2 nitrogen and oxygen atoms in total. The van der Waals surface area contributed by atoms with Gasteiger partial charge in [-0.15, -0.1) is 3.89 Å². The molecule has 0 radical (unpaired) electrons. The Morgan fingerprint density at radius 3 is 2.11 bits per heavy atom. The molecule has 0 heterocycles. The molecule has 1 rings (SSSR count). The van der Waals surface area contributed by atoms with Gasteiger partial charge in [-0.2, -0.15) is 8.42 Å². The van der Waals surface area contributed by atoms with Crippen LogP contribution in [-0.2, 0) is 10.2 Å². The molecular formula is C4H6BrFO2S. The number of rotatable bonds is 2. The van der Waals surface area contributed by atoms with Gasteiger partial charge in [-0.3, -0.25) is 0 Å². The van der Waals surface area contributed by atoms with Crippen LogP contribution in [0.15, 0.2) is 0 Å². The summed E-state index contributed by atoms with van der Waals surface area (Å²) < 4.78 is 31.4. The average Bonchev–Trinajstić information content (AvgIpc) is 2.12. The third-order valence-corrected chi connectivity index (χ3v) is 3.57. The SMILES string of the molecule is O=S(=O)(F)CC1(Br)CC1. The molecule has 1 saturated carbocycles. The Labute approximate surface area is 61.8 Å². The summed E-state index contributed by atoms with van der Waals surface area (Å²) in [5.41, 5.74) is 0. The van der Waals surface area contributed by atoms with Gasteiger partial charge in [0, 0.05) is 4.32 Å². The van der Waals surface area contributed by atoms with Crippen molar-refractivity contribution in [3.8, 4) is 0 Å². The molecular weight excluding hydrogens is 211 g/mol. The third kappa shape index (κ3) is 2.62. The zero-order valence-corrected chi connectivity index (χ0v) is 7.00. The molecule has 0 bridgehead atoms. The van der Waals surface area contributed by atoms with Crippen molar-refractivity contribution >= 4 is 26.2 Å². The molecule has 0 aliphatic heterocycles. The van der Waals surface area contributed by atoms with Crippen LogP contribution in [0.5, 0.6) is 0 Å². The monoisotopic (exact) mass is 216 g/mol. The molecule has 9 heavy (non-hydrogen) atoms. The maximum Gasteiger partial charge on any atom is 0.303 e. The van der Waals surface area contributed by atoms with Crippen LogP contribution >= 0.6 is 15.9 Å². The summed E-state index contributed by atoms with van der Waals surface area (Å²) in [6, 6.07) is 0. The van der Waals surface area contributed by atoms with E-state index in [1.807, 2.05) is 0 Å². The van der Waals surface area contributed by atoms with E-state index in [1.165, 1.54) is 0 Å². The van der Waals surface area contributed by atoms with Gasteiger partial charge in [-0.05, 0) is 12.8 Å². The summed E-state index contributed by atoms with van der Waals surface area (Å²) in [7, 11) is -4.27. The largest absolute Gasteiger partial charge is 0.303 e. The predicted molar refractivity (Wildman–Crippen MR) is 35.8 cm³/mol. The van der Waals surface area contributed by atoms with Crippen LogP contribution in [0.2, 0.25) is 0 Å². The van der Waals surface area contributed by atoms with Gasteiger partial charge in [0.2, 0.25) is 0 Å². The lowest BCUT2D eigenvalue weighted by molar-refractivity contribution is 0.550. The first kappa shape index (κ1) is 7.47. The second kappa shape index (κ2) is 1.92. The lowest BCUT2D eigenvalue weighted by Gasteiger charge is -1.98. The zero-order chi connectivity index (χ0) is 7.12. The third-order valence-electron chi connectivity index (χ3n) is 1.22. The smallest absolute Gasteiger partial charge is 0.195 e. The fourth-order valence-corrected chi connectivity index (χ4v) is 2.51. The summed E-state index contributed by atoms with van der Waals surface area (Å²) in [5.74, 6) is -0.375. The number of hydrogen-bond donors (Lipinski definition) is 0. The van der Waals surface area contributed by atoms with Crippen molar-refractivity contribution in [2.75, 3.05) is 5.75 Å². The number of alkyl halides is 1. The number of hydrogen-bond acceptors (Lipinski definition) is 2. The minimum atomic E-state index is -4.27. The van der Waals surface area contributed by atoms with Gasteiger partial charge in [0.05, 0.1) is 5.75 Å². The molecule has 0 atom stereocenters. The first-order valence-corrected chi connectivity index (χ1v) is 4.87. The molecule has 54 valence electrons. The highest BCUT2D eigenvalue weighted by atomic mass is 79.9. The zero-order valence-electron chi connectivity index (χ0n) is 4.60. The quantitative estimate of drug-likeness (QED) is 0.514. The Morgan fingerprint density at radius 2 is 2.00 bits per heavy atom. The van der Waals surface area contributed by atoms with Crippen molar-refractivity contribution in [3.63, 3.8) is 0 Å². The van der Waals surface area contributed by atoms with E-state index in [4.69, 9.17) is 0 Å². The van der Waals surface area contributed by atoms with E-state index in [1.54, 1.807) is 0 Å². The lowest BCUT2D eigenvalue weighted by atomic mass is 10.5. The van der Waals surface area contributed by atoms with E-state index < -0.39 is 14.5 Å². The van der Waals surface area contributed by atoms with Gasteiger partial charge in [0.1, 0.15) is 0 Å². The van der Waals surface area contributed by atoms with E-state index in [0.29, 0.717) is 0 Å². The summed E-state index contributed by atoms with van der Waals surface area (Å²) in [4.78, 5) is 0. The summed E-state index contributed by atoms with van der Waals surface area (Å²) in [6.45, 7) is 0. The second-order valence-electron chi connectivity index (χ2n) is 2.33. The van der Waals surface area contributed by atoms with Crippen molar-refractivity contribution in [1.82, 2.24) is 0 Å². The van der Waals surface area contributed by atoms with E-state index in [9.17, 15) is 12.3 Å². The van der Waals surface area contributed by atoms with Crippen LogP contribution in [0.25, 0.3) is 0 Å². The standard InChI is InChI=1S/C4H6BrFO2S/c5-4(1-2-4)3-9(6,7)8/h1-3H2. The summed E-state index contributed by atoms with van der Waals surface area (Å²) in [6.07, 6.45) is 1.52. The molecule has 5 heteroatoms. The number of halogens is 2. The van der Waals surface area contributed by atoms with Crippen LogP contribution in [-0.4, -0.2) is 18.5 Å². The minimum absolute atomic E-state index is 0.375. The van der Waals surface area contributed by atoms with Gasteiger partial charge in [-0.1, -0.05) is 15.9 Å². The van der Waals surface area contributed by atoms with Gasteiger partial charge < -0.3 is 0 Å². The first-order chi connectivity index (χ1) is 3.91. The van der Waals surface area contributed by atoms with Crippen LogP contribution < -0.4 is 0 Å². The molecule has 0 N–H and O–H groups in total. The highest BCUT2D eigenvalue weighted by Crippen LogP contribution is 2.45. The Balaban J connectivity index is 2.53. The van der Waals surface area contributed by atoms with Gasteiger partial charge in [-0.25, -0.2) is 0 Å². The van der Waals surface area contributed by atoms with Crippen LogP contribution in [0.3, 0.4) is 0 Å². The van der Waals surface area contributed by atoms with Crippen LogP contribution in [0.4, 0.5) is 3.89 Å². The molecule has 0 aromatic carbocycles. The Hall–Kier alpha value is 0.360. The summed E-state index contributed by atoms with van der Waals surface area (Å²) >= 11 is 3.11. The van der Waals surface area contributed by atoms with Gasteiger partial charge in [0.25, 0.3) is 0 Å². The van der Waals surface area contributed by atoms with Gasteiger partial charge in [0.15, 0.2) is 0 Å². The van der Waals surface area contributed by atoms with E-state index in [0.717, 1.165) is 12.8 Å². The molecule has 0 unspecified atom stereocenters. The Kier molecular flexibility index (Phi) is 1.59. The fourth-order valence-electron chi connectivity index (χ4n) is 0.589. The highest BCUT2D eigenvalue weighted by molar-refractivity contribution is 9.10.